The summed E-state index contributed by atoms with van der Waals surface area (Å²) in [6.07, 6.45) is 0. The first kappa shape index (κ1) is 12.6. The highest BCUT2D eigenvalue weighted by molar-refractivity contribution is 6.37. The van der Waals surface area contributed by atoms with Crippen molar-refractivity contribution in [2.75, 3.05) is 0 Å². The van der Waals surface area contributed by atoms with Crippen LogP contribution >= 0.6 is 23.2 Å². The van der Waals surface area contributed by atoms with E-state index in [1.165, 1.54) is 6.92 Å². The van der Waals surface area contributed by atoms with Gasteiger partial charge in [-0.15, -0.1) is 0 Å². The van der Waals surface area contributed by atoms with Crippen LogP contribution in [-0.4, -0.2) is 5.78 Å². The Hall–Kier alpha value is -1.50. The predicted molar refractivity (Wildman–Crippen MR) is 63.9 cm³/mol. The summed E-state index contributed by atoms with van der Waals surface area (Å²) in [5.74, 6) is -0.420. The van der Waals surface area contributed by atoms with Gasteiger partial charge in [-0.3, -0.25) is 4.79 Å². The Morgan fingerprint density at radius 1 is 1.38 bits per heavy atom. The second-order valence-corrected chi connectivity index (χ2v) is 3.87. The van der Waals surface area contributed by atoms with E-state index in [0.29, 0.717) is 15.6 Å². The van der Waals surface area contributed by atoms with E-state index in [1.807, 2.05) is 0 Å². The summed E-state index contributed by atoms with van der Waals surface area (Å²) in [6, 6.07) is 6.57. The van der Waals surface area contributed by atoms with Crippen LogP contribution < -0.4 is 5.73 Å². The minimum atomic E-state index is -0.420. The second-order valence-electron chi connectivity index (χ2n) is 3.05. The summed E-state index contributed by atoms with van der Waals surface area (Å²) in [5.41, 5.74) is 5.90. The molecule has 82 valence electrons. The number of rotatable bonds is 2. The molecule has 5 heteroatoms. The van der Waals surface area contributed by atoms with Crippen molar-refractivity contribution in [3.63, 3.8) is 0 Å². The fourth-order valence-corrected chi connectivity index (χ4v) is 1.81. The SMILES string of the molecule is CC(=O)/C(C#N)=C(/N)c1c(Cl)cccc1Cl. The van der Waals surface area contributed by atoms with E-state index in [0.717, 1.165) is 0 Å². The van der Waals surface area contributed by atoms with Crippen LogP contribution in [0.3, 0.4) is 0 Å². The maximum absolute atomic E-state index is 11.2. The number of nitrogens with two attached hydrogens (primary N) is 1. The molecule has 0 unspecified atom stereocenters. The maximum Gasteiger partial charge on any atom is 0.172 e. The van der Waals surface area contributed by atoms with Gasteiger partial charge in [-0.25, -0.2) is 0 Å². The molecule has 3 nitrogen and oxygen atoms in total. The van der Waals surface area contributed by atoms with Crippen molar-refractivity contribution < 1.29 is 4.79 Å². The van der Waals surface area contributed by atoms with Crippen molar-refractivity contribution in [1.29, 1.82) is 5.26 Å². The van der Waals surface area contributed by atoms with Gasteiger partial charge in [-0.05, 0) is 19.1 Å². The van der Waals surface area contributed by atoms with E-state index in [1.54, 1.807) is 24.3 Å². The monoisotopic (exact) mass is 254 g/mol. The maximum atomic E-state index is 11.2. The summed E-state index contributed by atoms with van der Waals surface area (Å²) in [7, 11) is 0. The molecule has 0 radical (unpaired) electrons. The number of nitrogens with zero attached hydrogens (tertiary/aromatic N) is 1. The number of hydrogen-bond acceptors (Lipinski definition) is 3. The first-order valence-corrected chi connectivity index (χ1v) is 5.09. The summed E-state index contributed by atoms with van der Waals surface area (Å²) < 4.78 is 0. The number of nitriles is 1. The zero-order chi connectivity index (χ0) is 12.3. The topological polar surface area (TPSA) is 66.9 Å². The number of halogens is 2. The number of carbonyl (C=O) groups is 1. The molecule has 0 aliphatic carbocycles. The quantitative estimate of drug-likeness (QED) is 0.652. The van der Waals surface area contributed by atoms with E-state index in [2.05, 4.69) is 0 Å². The molecule has 2 N–H and O–H groups in total. The van der Waals surface area contributed by atoms with Crippen LogP contribution in [0.25, 0.3) is 5.70 Å². The lowest BCUT2D eigenvalue weighted by Crippen LogP contribution is -2.07. The van der Waals surface area contributed by atoms with Gasteiger partial charge in [-0.1, -0.05) is 29.3 Å². The minimum absolute atomic E-state index is 0.00519. The van der Waals surface area contributed by atoms with Crippen LogP contribution in [0.1, 0.15) is 12.5 Å². The zero-order valence-electron chi connectivity index (χ0n) is 8.42. The largest absolute Gasteiger partial charge is 0.397 e. The Kier molecular flexibility index (Phi) is 3.94. The Morgan fingerprint density at radius 3 is 2.25 bits per heavy atom. The van der Waals surface area contributed by atoms with Crippen LogP contribution in [0.4, 0.5) is 0 Å². The average molecular weight is 255 g/mol. The minimum Gasteiger partial charge on any atom is -0.397 e. The fourth-order valence-electron chi connectivity index (χ4n) is 1.21. The summed E-state index contributed by atoms with van der Waals surface area (Å²) in [4.78, 5) is 11.2. The van der Waals surface area contributed by atoms with Crippen molar-refractivity contribution >= 4 is 34.7 Å². The number of allylic oxidation sites excluding steroid dienone is 1. The highest BCUT2D eigenvalue weighted by atomic mass is 35.5. The van der Waals surface area contributed by atoms with Gasteiger partial charge in [0.1, 0.15) is 11.6 Å². The lowest BCUT2D eigenvalue weighted by Gasteiger charge is -2.08. The molecule has 0 amide bonds. The van der Waals surface area contributed by atoms with Gasteiger partial charge in [0.25, 0.3) is 0 Å². The second kappa shape index (κ2) is 5.02. The number of hydrogen-bond donors (Lipinski definition) is 1. The van der Waals surface area contributed by atoms with E-state index in [9.17, 15) is 4.79 Å². The number of ketones is 1. The van der Waals surface area contributed by atoms with Gasteiger partial charge in [0.2, 0.25) is 0 Å². The molecule has 0 heterocycles. The first-order valence-electron chi connectivity index (χ1n) is 4.34. The molecule has 1 aromatic carbocycles. The van der Waals surface area contributed by atoms with Crippen LogP contribution in [0.15, 0.2) is 23.8 Å². The van der Waals surface area contributed by atoms with E-state index in [4.69, 9.17) is 34.2 Å². The molecule has 0 spiro atoms. The summed E-state index contributed by atoms with van der Waals surface area (Å²) in [6.45, 7) is 1.26. The highest BCUT2D eigenvalue weighted by Crippen LogP contribution is 2.30. The lowest BCUT2D eigenvalue weighted by atomic mass is 10.1. The van der Waals surface area contributed by atoms with E-state index in [-0.39, 0.29) is 11.3 Å². The van der Waals surface area contributed by atoms with Gasteiger partial charge in [0.15, 0.2) is 5.78 Å². The van der Waals surface area contributed by atoms with Crippen LogP contribution in [0.5, 0.6) is 0 Å². The average Bonchev–Trinajstić information content (AvgIpc) is 2.17. The molecule has 0 aliphatic rings. The van der Waals surface area contributed by atoms with Gasteiger partial charge >= 0.3 is 0 Å². The Bertz CT molecular complexity index is 495. The third-order valence-corrected chi connectivity index (χ3v) is 2.60. The van der Waals surface area contributed by atoms with Crippen molar-refractivity contribution in [3.05, 3.63) is 39.4 Å². The van der Waals surface area contributed by atoms with Crippen LogP contribution in [-0.2, 0) is 4.79 Å². The number of Topliss-reactive ketones (excluding diaryl/α,β-unsaturated/α-hetero) is 1. The summed E-state index contributed by atoms with van der Waals surface area (Å²) >= 11 is 11.8. The molecule has 0 fully saturated rings. The summed E-state index contributed by atoms with van der Waals surface area (Å²) in [5, 5.41) is 9.42. The standard InChI is InChI=1S/C11H8Cl2N2O/c1-6(16)7(5-14)11(15)10-8(12)3-2-4-9(10)13/h2-4H,15H2,1H3/b11-7+. The van der Waals surface area contributed by atoms with Gasteiger partial charge in [0, 0.05) is 5.56 Å². The van der Waals surface area contributed by atoms with Crippen LogP contribution in [0.2, 0.25) is 10.0 Å². The Labute approximate surface area is 103 Å². The van der Waals surface area contributed by atoms with E-state index < -0.39 is 5.78 Å². The normalized spacial score (nSPS) is 11.6. The number of benzene rings is 1. The Morgan fingerprint density at radius 2 is 1.88 bits per heavy atom. The smallest absolute Gasteiger partial charge is 0.172 e. The molecular weight excluding hydrogens is 247 g/mol. The molecule has 0 bridgehead atoms. The molecule has 16 heavy (non-hydrogen) atoms. The molecule has 0 atom stereocenters. The van der Waals surface area contributed by atoms with Crippen molar-refractivity contribution in [1.82, 2.24) is 0 Å². The zero-order valence-corrected chi connectivity index (χ0v) is 9.93. The molecule has 0 aromatic heterocycles. The molecule has 1 aromatic rings. The van der Waals surface area contributed by atoms with Crippen LogP contribution in [0, 0.1) is 11.3 Å². The fraction of sp³-hybridized carbons (Fsp3) is 0.0909. The lowest BCUT2D eigenvalue weighted by molar-refractivity contribution is -0.113. The molecule has 0 aliphatic heterocycles. The van der Waals surface area contributed by atoms with Gasteiger partial charge < -0.3 is 5.73 Å². The highest BCUT2D eigenvalue weighted by Gasteiger charge is 2.15. The van der Waals surface area contributed by atoms with Crippen molar-refractivity contribution in [2.24, 2.45) is 5.73 Å². The van der Waals surface area contributed by atoms with Gasteiger partial charge in [0.05, 0.1) is 15.7 Å². The number of carbonyl (C=O) groups excluding carboxylic acids is 1. The van der Waals surface area contributed by atoms with E-state index >= 15 is 0 Å². The predicted octanol–water partition coefficient (Wildman–Crippen LogP) is 2.78. The molecular formula is C11H8Cl2N2O. The molecule has 1 rings (SSSR count). The van der Waals surface area contributed by atoms with Crippen molar-refractivity contribution in [3.8, 4) is 6.07 Å². The van der Waals surface area contributed by atoms with Gasteiger partial charge in [-0.2, -0.15) is 5.26 Å². The third kappa shape index (κ3) is 2.35. The Balaban J connectivity index is 3.51. The molecule has 0 saturated carbocycles. The van der Waals surface area contributed by atoms with Crippen molar-refractivity contribution in [2.45, 2.75) is 6.92 Å². The molecule has 0 saturated heterocycles. The first-order chi connectivity index (χ1) is 7.49. The third-order valence-electron chi connectivity index (χ3n) is 1.97.